The molecule has 0 atom stereocenters. The van der Waals surface area contributed by atoms with Crippen LogP contribution in [0.15, 0.2) is 24.3 Å². The molecule has 0 fully saturated rings. The maximum absolute atomic E-state index is 11.7. The van der Waals surface area contributed by atoms with Crippen LogP contribution >= 0.6 is 22.6 Å². The molecule has 112 valence electrons. The second-order valence-corrected chi connectivity index (χ2v) is 5.91. The van der Waals surface area contributed by atoms with Crippen LogP contribution in [0.3, 0.4) is 0 Å². The molecule has 1 amide bonds. The number of carbonyl (C=O) groups is 1. The number of halogens is 1. The van der Waals surface area contributed by atoms with Gasteiger partial charge in [0.2, 0.25) is 5.91 Å². The first kappa shape index (κ1) is 17.2. The van der Waals surface area contributed by atoms with E-state index in [0.29, 0.717) is 32.2 Å². The quantitative estimate of drug-likeness (QED) is 0.398. The van der Waals surface area contributed by atoms with Crippen molar-refractivity contribution in [2.45, 2.75) is 20.3 Å². The third-order valence-corrected chi connectivity index (χ3v) is 2.85. The molecular weight excluding hydrogens is 369 g/mol. The topological polar surface area (TPSA) is 47.6 Å². The van der Waals surface area contributed by atoms with E-state index in [2.05, 4.69) is 41.8 Å². The Kier molecular flexibility index (Phi) is 8.60. The Bertz CT molecular complexity index is 393. The van der Waals surface area contributed by atoms with Crippen LogP contribution in [-0.4, -0.2) is 30.2 Å². The Hall–Kier alpha value is -0.820. The van der Waals surface area contributed by atoms with Crippen molar-refractivity contribution in [3.63, 3.8) is 0 Å². The molecule has 0 bridgehead atoms. The summed E-state index contributed by atoms with van der Waals surface area (Å²) in [4.78, 5) is 11.7. The highest BCUT2D eigenvalue weighted by molar-refractivity contribution is 14.1. The Labute approximate surface area is 134 Å². The average molecular weight is 391 g/mol. The van der Waals surface area contributed by atoms with Gasteiger partial charge < -0.3 is 14.8 Å². The molecule has 0 radical (unpaired) electrons. The lowest BCUT2D eigenvalue weighted by atomic mass is 10.2. The zero-order chi connectivity index (χ0) is 14.8. The molecule has 0 unspecified atom stereocenters. The molecular formula is C15H22INO3. The van der Waals surface area contributed by atoms with Crippen molar-refractivity contribution < 1.29 is 14.3 Å². The zero-order valence-corrected chi connectivity index (χ0v) is 14.2. The standard InChI is InChI=1S/C15H22INO3/c1-12(2)11-19-9-7-15(18)17-13-3-5-14(6-4-13)20-10-8-16/h3-6,12H,7-11H2,1-2H3,(H,17,18). The molecule has 1 N–H and O–H groups in total. The average Bonchev–Trinajstić information content (AvgIpc) is 2.43. The number of ether oxygens (including phenoxy) is 2. The van der Waals surface area contributed by atoms with Crippen LogP contribution < -0.4 is 10.1 Å². The Morgan fingerprint density at radius 1 is 1.25 bits per heavy atom. The second kappa shape index (κ2) is 9.99. The molecule has 0 aliphatic carbocycles. The first-order valence-electron chi connectivity index (χ1n) is 6.78. The number of amides is 1. The number of alkyl halides is 1. The highest BCUT2D eigenvalue weighted by Crippen LogP contribution is 2.15. The van der Waals surface area contributed by atoms with Crippen molar-refractivity contribution in [2.24, 2.45) is 5.92 Å². The van der Waals surface area contributed by atoms with E-state index in [-0.39, 0.29) is 5.91 Å². The number of benzene rings is 1. The highest BCUT2D eigenvalue weighted by atomic mass is 127. The number of rotatable bonds is 9. The van der Waals surface area contributed by atoms with Gasteiger partial charge in [-0.2, -0.15) is 0 Å². The van der Waals surface area contributed by atoms with Gasteiger partial charge in [0, 0.05) is 16.7 Å². The van der Waals surface area contributed by atoms with Crippen molar-refractivity contribution >= 4 is 34.2 Å². The third-order valence-electron chi connectivity index (χ3n) is 2.41. The second-order valence-electron chi connectivity index (χ2n) is 4.83. The molecule has 4 nitrogen and oxygen atoms in total. The molecule has 0 heterocycles. The summed E-state index contributed by atoms with van der Waals surface area (Å²) in [6.07, 6.45) is 0.375. The lowest BCUT2D eigenvalue weighted by Crippen LogP contribution is -2.15. The minimum absolute atomic E-state index is 0.0327. The van der Waals surface area contributed by atoms with Crippen LogP contribution in [0.25, 0.3) is 0 Å². The molecule has 0 aromatic heterocycles. The lowest BCUT2D eigenvalue weighted by Gasteiger charge is -2.08. The van der Waals surface area contributed by atoms with Gasteiger partial charge in [-0.05, 0) is 30.2 Å². The molecule has 0 saturated heterocycles. The number of nitrogens with one attached hydrogen (secondary N) is 1. The molecule has 1 aromatic carbocycles. The number of hydrogen-bond donors (Lipinski definition) is 1. The van der Waals surface area contributed by atoms with E-state index >= 15 is 0 Å². The van der Waals surface area contributed by atoms with E-state index in [1.165, 1.54) is 0 Å². The van der Waals surface area contributed by atoms with Crippen LogP contribution in [0.1, 0.15) is 20.3 Å². The summed E-state index contributed by atoms with van der Waals surface area (Å²) in [5, 5.41) is 2.84. The van der Waals surface area contributed by atoms with Gasteiger partial charge in [0.05, 0.1) is 19.6 Å². The van der Waals surface area contributed by atoms with Gasteiger partial charge >= 0.3 is 0 Å². The van der Waals surface area contributed by atoms with Gasteiger partial charge in [0.15, 0.2) is 0 Å². The minimum atomic E-state index is -0.0327. The molecule has 0 aliphatic rings. The van der Waals surface area contributed by atoms with Crippen molar-refractivity contribution in [3.05, 3.63) is 24.3 Å². The molecule has 5 heteroatoms. The van der Waals surface area contributed by atoms with E-state index in [1.54, 1.807) is 0 Å². The van der Waals surface area contributed by atoms with Crippen molar-refractivity contribution in [1.82, 2.24) is 0 Å². The molecule has 1 rings (SSSR count). The summed E-state index contributed by atoms with van der Waals surface area (Å²) in [5.74, 6) is 1.28. The van der Waals surface area contributed by atoms with E-state index in [9.17, 15) is 4.79 Å². The Balaban J connectivity index is 2.27. The third kappa shape index (κ3) is 7.69. The minimum Gasteiger partial charge on any atom is -0.493 e. The van der Waals surface area contributed by atoms with Crippen LogP contribution in [-0.2, 0) is 9.53 Å². The maximum atomic E-state index is 11.7. The van der Waals surface area contributed by atoms with Crippen LogP contribution in [0.4, 0.5) is 5.69 Å². The summed E-state index contributed by atoms with van der Waals surface area (Å²) in [5.41, 5.74) is 0.778. The first-order valence-corrected chi connectivity index (χ1v) is 8.30. The van der Waals surface area contributed by atoms with Gasteiger partial charge in [-0.15, -0.1) is 0 Å². The van der Waals surface area contributed by atoms with E-state index in [4.69, 9.17) is 9.47 Å². The fourth-order valence-electron chi connectivity index (χ4n) is 1.50. The SMILES string of the molecule is CC(C)COCCC(=O)Nc1ccc(OCCI)cc1. The molecule has 20 heavy (non-hydrogen) atoms. The van der Waals surface area contributed by atoms with Crippen LogP contribution in [0.5, 0.6) is 5.75 Å². The van der Waals surface area contributed by atoms with E-state index in [1.807, 2.05) is 24.3 Å². The molecule has 1 aromatic rings. The normalized spacial score (nSPS) is 10.6. The first-order chi connectivity index (χ1) is 9.61. The van der Waals surface area contributed by atoms with E-state index < -0.39 is 0 Å². The van der Waals surface area contributed by atoms with Crippen LogP contribution in [0.2, 0.25) is 0 Å². The number of anilines is 1. The smallest absolute Gasteiger partial charge is 0.226 e. The molecule has 0 spiro atoms. The Morgan fingerprint density at radius 2 is 1.95 bits per heavy atom. The fourth-order valence-corrected chi connectivity index (χ4v) is 1.72. The summed E-state index contributed by atoms with van der Waals surface area (Å²) in [6.45, 7) is 6.01. The van der Waals surface area contributed by atoms with Crippen LogP contribution in [0, 0.1) is 5.92 Å². The fraction of sp³-hybridized carbons (Fsp3) is 0.533. The van der Waals surface area contributed by atoms with Gasteiger partial charge in [-0.3, -0.25) is 4.79 Å². The summed E-state index contributed by atoms with van der Waals surface area (Å²) in [6, 6.07) is 7.40. The molecule has 0 aliphatic heterocycles. The van der Waals surface area contributed by atoms with Crippen molar-refractivity contribution in [1.29, 1.82) is 0 Å². The van der Waals surface area contributed by atoms with Gasteiger partial charge in [0.25, 0.3) is 0 Å². The summed E-state index contributed by atoms with van der Waals surface area (Å²) < 4.78 is 11.8. The van der Waals surface area contributed by atoms with Gasteiger partial charge in [-0.1, -0.05) is 36.4 Å². The highest BCUT2D eigenvalue weighted by Gasteiger charge is 2.03. The predicted octanol–water partition coefficient (Wildman–Crippen LogP) is 3.50. The predicted molar refractivity (Wildman–Crippen MR) is 89.7 cm³/mol. The number of hydrogen-bond acceptors (Lipinski definition) is 3. The monoisotopic (exact) mass is 391 g/mol. The van der Waals surface area contributed by atoms with Crippen molar-refractivity contribution in [3.8, 4) is 5.75 Å². The van der Waals surface area contributed by atoms with Crippen molar-refractivity contribution in [2.75, 3.05) is 29.6 Å². The maximum Gasteiger partial charge on any atom is 0.226 e. The summed E-state index contributed by atoms with van der Waals surface area (Å²) >= 11 is 2.26. The lowest BCUT2D eigenvalue weighted by molar-refractivity contribution is -0.117. The number of carbonyl (C=O) groups excluding carboxylic acids is 1. The zero-order valence-electron chi connectivity index (χ0n) is 12.0. The molecule has 0 saturated carbocycles. The largest absolute Gasteiger partial charge is 0.493 e. The Morgan fingerprint density at radius 3 is 2.55 bits per heavy atom. The summed E-state index contributed by atoms with van der Waals surface area (Å²) in [7, 11) is 0. The van der Waals surface area contributed by atoms with Gasteiger partial charge in [-0.25, -0.2) is 0 Å². The van der Waals surface area contributed by atoms with E-state index in [0.717, 1.165) is 15.9 Å². The van der Waals surface area contributed by atoms with Gasteiger partial charge in [0.1, 0.15) is 5.75 Å².